The minimum absolute atomic E-state index is 0.539. The summed E-state index contributed by atoms with van der Waals surface area (Å²) in [6, 6.07) is 0.539. The lowest BCUT2D eigenvalue weighted by Crippen LogP contribution is -2.15. The topological polar surface area (TPSA) is 47.6 Å². The van der Waals surface area contributed by atoms with Crippen LogP contribution in [0.5, 0.6) is 0 Å². The molecular formula is C8H16N2O. The van der Waals surface area contributed by atoms with Crippen molar-refractivity contribution < 1.29 is 4.74 Å². The maximum atomic E-state index is 5.63. The summed E-state index contributed by atoms with van der Waals surface area (Å²) in [6.07, 6.45) is 3.22. The van der Waals surface area contributed by atoms with E-state index in [1.807, 2.05) is 6.92 Å². The Labute approximate surface area is 67.6 Å². The van der Waals surface area contributed by atoms with Crippen molar-refractivity contribution in [1.82, 2.24) is 0 Å². The normalized spacial score (nSPS) is 18.8. The Balaban J connectivity index is 2.04. The van der Waals surface area contributed by atoms with Crippen LogP contribution in [-0.2, 0) is 4.74 Å². The predicted octanol–water partition coefficient (Wildman–Crippen LogP) is 0.933. The van der Waals surface area contributed by atoms with E-state index in [-0.39, 0.29) is 0 Å². The Kier molecular flexibility index (Phi) is 3.36. The van der Waals surface area contributed by atoms with Gasteiger partial charge in [-0.1, -0.05) is 0 Å². The lowest BCUT2D eigenvalue weighted by Gasteiger charge is -1.99. The van der Waals surface area contributed by atoms with Crippen molar-refractivity contribution in [2.24, 2.45) is 10.7 Å². The smallest absolute Gasteiger partial charge is 0.0963 e. The minimum Gasteiger partial charge on any atom is -0.387 e. The second-order valence-electron chi connectivity index (χ2n) is 2.80. The summed E-state index contributed by atoms with van der Waals surface area (Å²) in [6.45, 7) is 3.45. The maximum absolute atomic E-state index is 5.63. The maximum Gasteiger partial charge on any atom is 0.0963 e. The predicted molar refractivity (Wildman–Crippen MR) is 45.8 cm³/mol. The average Bonchev–Trinajstić information content (AvgIpc) is 2.72. The highest BCUT2D eigenvalue weighted by atomic mass is 16.5. The first-order valence-corrected chi connectivity index (χ1v) is 4.22. The Hall–Kier alpha value is -0.570. The summed E-state index contributed by atoms with van der Waals surface area (Å²) >= 11 is 0. The SMILES string of the molecule is CCOCCC(N)=NC1CC1. The van der Waals surface area contributed by atoms with E-state index < -0.39 is 0 Å². The monoisotopic (exact) mass is 156 g/mol. The molecule has 0 radical (unpaired) electrons. The number of rotatable bonds is 5. The molecule has 0 heterocycles. The quantitative estimate of drug-likeness (QED) is 0.366. The molecule has 2 N–H and O–H groups in total. The molecule has 3 heteroatoms. The third-order valence-electron chi connectivity index (χ3n) is 1.60. The number of nitrogens with zero attached hydrogens (tertiary/aromatic N) is 1. The fourth-order valence-corrected chi connectivity index (χ4v) is 0.824. The van der Waals surface area contributed by atoms with Gasteiger partial charge >= 0.3 is 0 Å². The standard InChI is InChI=1S/C8H16N2O/c1-2-11-6-5-8(9)10-7-3-4-7/h7H,2-6H2,1H3,(H2,9,10). The molecular weight excluding hydrogens is 140 g/mol. The lowest BCUT2D eigenvalue weighted by molar-refractivity contribution is 0.155. The van der Waals surface area contributed by atoms with Crippen LogP contribution in [0.3, 0.4) is 0 Å². The van der Waals surface area contributed by atoms with Crippen LogP contribution in [0.4, 0.5) is 0 Å². The summed E-state index contributed by atoms with van der Waals surface area (Å²) in [5, 5.41) is 0. The van der Waals surface area contributed by atoms with Crippen LogP contribution in [0.2, 0.25) is 0 Å². The van der Waals surface area contributed by atoms with Crippen LogP contribution in [0.25, 0.3) is 0 Å². The van der Waals surface area contributed by atoms with Gasteiger partial charge in [-0.05, 0) is 19.8 Å². The first kappa shape index (κ1) is 8.53. The molecule has 1 aliphatic carbocycles. The first-order chi connectivity index (χ1) is 5.33. The zero-order chi connectivity index (χ0) is 8.10. The summed E-state index contributed by atoms with van der Waals surface area (Å²) in [7, 11) is 0. The Bertz CT molecular complexity index is 141. The molecule has 0 unspecified atom stereocenters. The van der Waals surface area contributed by atoms with Crippen molar-refractivity contribution in [1.29, 1.82) is 0 Å². The molecule has 1 saturated carbocycles. The van der Waals surface area contributed by atoms with Crippen LogP contribution < -0.4 is 5.73 Å². The van der Waals surface area contributed by atoms with Gasteiger partial charge in [0.1, 0.15) is 0 Å². The third-order valence-corrected chi connectivity index (χ3v) is 1.60. The zero-order valence-electron chi connectivity index (χ0n) is 7.05. The van der Waals surface area contributed by atoms with Gasteiger partial charge in [0.25, 0.3) is 0 Å². The summed E-state index contributed by atoms with van der Waals surface area (Å²) in [5.74, 6) is 0.751. The van der Waals surface area contributed by atoms with Crippen molar-refractivity contribution in [3.63, 3.8) is 0 Å². The fourth-order valence-electron chi connectivity index (χ4n) is 0.824. The number of aliphatic imine (C=N–C) groups is 1. The lowest BCUT2D eigenvalue weighted by atomic mass is 10.4. The van der Waals surface area contributed by atoms with Gasteiger partial charge in [-0.3, -0.25) is 4.99 Å². The molecule has 3 nitrogen and oxygen atoms in total. The van der Waals surface area contributed by atoms with Gasteiger partial charge < -0.3 is 10.5 Å². The molecule has 64 valence electrons. The minimum atomic E-state index is 0.539. The van der Waals surface area contributed by atoms with Gasteiger partial charge in [0.15, 0.2) is 0 Å². The summed E-state index contributed by atoms with van der Waals surface area (Å²) in [5.41, 5.74) is 5.63. The van der Waals surface area contributed by atoms with E-state index >= 15 is 0 Å². The van der Waals surface area contributed by atoms with E-state index in [1.54, 1.807) is 0 Å². The van der Waals surface area contributed by atoms with E-state index in [4.69, 9.17) is 10.5 Å². The highest BCUT2D eigenvalue weighted by Crippen LogP contribution is 2.23. The van der Waals surface area contributed by atoms with E-state index in [0.29, 0.717) is 12.6 Å². The second kappa shape index (κ2) is 4.34. The summed E-state index contributed by atoms with van der Waals surface area (Å²) in [4.78, 5) is 4.27. The molecule has 11 heavy (non-hydrogen) atoms. The number of nitrogens with two attached hydrogens (primary N) is 1. The van der Waals surface area contributed by atoms with Crippen molar-refractivity contribution in [3.05, 3.63) is 0 Å². The van der Waals surface area contributed by atoms with E-state index in [9.17, 15) is 0 Å². The molecule has 0 aromatic rings. The second-order valence-corrected chi connectivity index (χ2v) is 2.80. The van der Waals surface area contributed by atoms with Gasteiger partial charge in [0, 0.05) is 13.0 Å². The molecule has 0 bridgehead atoms. The van der Waals surface area contributed by atoms with Gasteiger partial charge in [0.2, 0.25) is 0 Å². The van der Waals surface area contributed by atoms with Crippen molar-refractivity contribution >= 4 is 5.84 Å². The molecule has 1 rings (SSSR count). The van der Waals surface area contributed by atoms with E-state index in [1.165, 1.54) is 12.8 Å². The number of amidine groups is 1. The van der Waals surface area contributed by atoms with Gasteiger partial charge in [-0.25, -0.2) is 0 Å². The number of ether oxygens (including phenoxy) is 1. The molecule has 0 atom stereocenters. The Morgan fingerprint density at radius 2 is 2.36 bits per heavy atom. The Morgan fingerprint density at radius 3 is 2.91 bits per heavy atom. The molecule has 0 saturated heterocycles. The van der Waals surface area contributed by atoms with Crippen molar-refractivity contribution in [2.75, 3.05) is 13.2 Å². The highest BCUT2D eigenvalue weighted by molar-refractivity contribution is 5.80. The first-order valence-electron chi connectivity index (χ1n) is 4.22. The highest BCUT2D eigenvalue weighted by Gasteiger charge is 2.20. The van der Waals surface area contributed by atoms with Crippen LogP contribution in [0, 0.1) is 0 Å². The van der Waals surface area contributed by atoms with Crippen LogP contribution in [-0.4, -0.2) is 25.1 Å². The van der Waals surface area contributed by atoms with Gasteiger partial charge in [0.05, 0.1) is 18.5 Å². The average molecular weight is 156 g/mol. The van der Waals surface area contributed by atoms with Gasteiger partial charge in [-0.2, -0.15) is 0 Å². The molecule has 1 aliphatic rings. The molecule has 0 aromatic heterocycles. The van der Waals surface area contributed by atoms with E-state index in [0.717, 1.165) is 18.9 Å². The fraction of sp³-hybridized carbons (Fsp3) is 0.875. The number of hydrogen-bond acceptors (Lipinski definition) is 2. The van der Waals surface area contributed by atoms with Crippen LogP contribution in [0.1, 0.15) is 26.2 Å². The van der Waals surface area contributed by atoms with E-state index in [2.05, 4.69) is 4.99 Å². The largest absolute Gasteiger partial charge is 0.387 e. The third kappa shape index (κ3) is 3.98. The molecule has 0 aromatic carbocycles. The molecule has 1 fully saturated rings. The zero-order valence-corrected chi connectivity index (χ0v) is 7.05. The van der Waals surface area contributed by atoms with Crippen LogP contribution in [0.15, 0.2) is 4.99 Å². The van der Waals surface area contributed by atoms with Crippen molar-refractivity contribution in [3.8, 4) is 0 Å². The van der Waals surface area contributed by atoms with Crippen molar-refractivity contribution in [2.45, 2.75) is 32.2 Å². The number of hydrogen-bond donors (Lipinski definition) is 1. The molecule has 0 amide bonds. The molecule has 0 aliphatic heterocycles. The molecule has 0 spiro atoms. The summed E-state index contributed by atoms with van der Waals surface area (Å²) < 4.78 is 5.15. The Morgan fingerprint density at radius 1 is 1.64 bits per heavy atom. The van der Waals surface area contributed by atoms with Crippen LogP contribution >= 0.6 is 0 Å². The van der Waals surface area contributed by atoms with Gasteiger partial charge in [-0.15, -0.1) is 0 Å².